The zero-order chi connectivity index (χ0) is 21.3. The third-order valence-electron chi connectivity index (χ3n) is 4.05. The maximum absolute atomic E-state index is 12.2. The molecule has 160 valence electrons. The lowest BCUT2D eigenvalue weighted by Crippen LogP contribution is -2.50. The molecule has 0 aliphatic carbocycles. The Kier molecular flexibility index (Phi) is 8.17. The Hall–Kier alpha value is -2.91. The van der Waals surface area contributed by atoms with E-state index in [0.29, 0.717) is 45.1 Å². The van der Waals surface area contributed by atoms with Crippen molar-refractivity contribution >= 4 is 23.9 Å². The molecule has 0 bridgehead atoms. The zero-order valence-corrected chi connectivity index (χ0v) is 17.2. The van der Waals surface area contributed by atoms with E-state index >= 15 is 0 Å². The summed E-state index contributed by atoms with van der Waals surface area (Å²) >= 11 is 0. The van der Waals surface area contributed by atoms with Crippen LogP contribution in [0.1, 0.15) is 33.6 Å². The molecule has 1 aliphatic rings. The minimum Gasteiger partial charge on any atom is -0.456 e. The lowest BCUT2D eigenvalue weighted by atomic mass is 10.2. The standard InChI is InChI=1S/C19H29N5O5/c1-19(2,3)29-18(27)22-7-4-6-16(26)28-14-15(25)23-10-12-24(13-11-23)17-20-8-5-9-21-17/h5,8-9H,4,6-7,10-14H2,1-3H3,(H,22,27). The molecule has 1 aromatic rings. The number of nitrogens with one attached hydrogen (secondary N) is 1. The fraction of sp³-hybridized carbons (Fsp3) is 0.632. The molecule has 29 heavy (non-hydrogen) atoms. The van der Waals surface area contributed by atoms with Crippen molar-refractivity contribution in [2.45, 2.75) is 39.2 Å². The van der Waals surface area contributed by atoms with Gasteiger partial charge in [0, 0.05) is 51.5 Å². The topological polar surface area (TPSA) is 114 Å². The van der Waals surface area contributed by atoms with Crippen molar-refractivity contribution in [1.29, 1.82) is 0 Å². The van der Waals surface area contributed by atoms with Crippen molar-refractivity contribution in [1.82, 2.24) is 20.2 Å². The molecule has 1 fully saturated rings. The van der Waals surface area contributed by atoms with E-state index in [-0.39, 0.29) is 18.9 Å². The molecular formula is C19H29N5O5. The lowest BCUT2D eigenvalue weighted by molar-refractivity contribution is -0.152. The molecule has 0 saturated carbocycles. The number of hydrogen-bond donors (Lipinski definition) is 1. The summed E-state index contributed by atoms with van der Waals surface area (Å²) in [4.78, 5) is 47.6. The number of piperazine rings is 1. The maximum Gasteiger partial charge on any atom is 0.407 e. The quantitative estimate of drug-likeness (QED) is 0.525. The molecule has 0 spiro atoms. The summed E-state index contributed by atoms with van der Waals surface area (Å²) in [5, 5.41) is 2.57. The first-order chi connectivity index (χ1) is 13.7. The Bertz CT molecular complexity index is 684. The van der Waals surface area contributed by atoms with Gasteiger partial charge in [0.15, 0.2) is 6.61 Å². The Morgan fingerprint density at radius 1 is 1.10 bits per heavy atom. The van der Waals surface area contributed by atoms with E-state index in [9.17, 15) is 14.4 Å². The average molecular weight is 407 g/mol. The first-order valence-corrected chi connectivity index (χ1v) is 9.67. The first kappa shape index (κ1) is 22.4. The highest BCUT2D eigenvalue weighted by Crippen LogP contribution is 2.10. The highest BCUT2D eigenvalue weighted by atomic mass is 16.6. The van der Waals surface area contributed by atoms with Gasteiger partial charge in [-0.25, -0.2) is 14.8 Å². The van der Waals surface area contributed by atoms with Crippen LogP contribution < -0.4 is 10.2 Å². The van der Waals surface area contributed by atoms with E-state index in [0.717, 1.165) is 0 Å². The highest BCUT2D eigenvalue weighted by Gasteiger charge is 2.23. The normalized spacial score (nSPS) is 14.3. The molecule has 2 heterocycles. The van der Waals surface area contributed by atoms with E-state index in [1.807, 2.05) is 4.90 Å². The molecule has 1 aliphatic heterocycles. The third kappa shape index (κ3) is 8.32. The van der Waals surface area contributed by atoms with Crippen LogP contribution in [0.25, 0.3) is 0 Å². The van der Waals surface area contributed by atoms with Gasteiger partial charge in [0.05, 0.1) is 0 Å². The molecule has 0 atom stereocenters. The average Bonchev–Trinajstić information content (AvgIpc) is 2.69. The minimum absolute atomic E-state index is 0.113. The number of carbonyl (C=O) groups excluding carboxylic acids is 3. The van der Waals surface area contributed by atoms with Crippen LogP contribution >= 0.6 is 0 Å². The van der Waals surface area contributed by atoms with Crippen molar-refractivity contribution < 1.29 is 23.9 Å². The summed E-state index contributed by atoms with van der Waals surface area (Å²) in [6.45, 7) is 7.63. The van der Waals surface area contributed by atoms with Crippen LogP contribution in [0.5, 0.6) is 0 Å². The molecule has 2 rings (SSSR count). The SMILES string of the molecule is CC(C)(C)OC(=O)NCCCC(=O)OCC(=O)N1CCN(c2ncccn2)CC1. The molecule has 1 aromatic heterocycles. The van der Waals surface area contributed by atoms with Gasteiger partial charge in [-0.1, -0.05) is 0 Å². The number of amides is 2. The fourth-order valence-corrected chi connectivity index (χ4v) is 2.65. The van der Waals surface area contributed by atoms with Crippen LogP contribution in [-0.4, -0.2) is 77.8 Å². The van der Waals surface area contributed by atoms with E-state index in [4.69, 9.17) is 9.47 Å². The van der Waals surface area contributed by atoms with E-state index in [1.54, 1.807) is 44.1 Å². The van der Waals surface area contributed by atoms with Crippen LogP contribution in [0.4, 0.5) is 10.7 Å². The van der Waals surface area contributed by atoms with Gasteiger partial charge in [0.1, 0.15) is 5.60 Å². The van der Waals surface area contributed by atoms with Crippen molar-refractivity contribution in [3.05, 3.63) is 18.5 Å². The molecule has 1 N–H and O–H groups in total. The number of carbonyl (C=O) groups is 3. The number of esters is 1. The smallest absolute Gasteiger partial charge is 0.407 e. The second-order valence-corrected chi connectivity index (χ2v) is 7.61. The molecule has 10 heteroatoms. The zero-order valence-electron chi connectivity index (χ0n) is 17.2. The number of anilines is 1. The lowest BCUT2D eigenvalue weighted by Gasteiger charge is -2.34. The fourth-order valence-electron chi connectivity index (χ4n) is 2.65. The largest absolute Gasteiger partial charge is 0.456 e. The Morgan fingerprint density at radius 3 is 2.38 bits per heavy atom. The predicted molar refractivity (Wildman–Crippen MR) is 105 cm³/mol. The van der Waals surface area contributed by atoms with Crippen molar-refractivity contribution in [3.63, 3.8) is 0 Å². The van der Waals surface area contributed by atoms with Gasteiger partial charge >= 0.3 is 12.1 Å². The molecule has 0 radical (unpaired) electrons. The molecule has 10 nitrogen and oxygen atoms in total. The van der Waals surface area contributed by atoms with Gasteiger partial charge in [-0.2, -0.15) is 0 Å². The second-order valence-electron chi connectivity index (χ2n) is 7.61. The third-order valence-corrected chi connectivity index (χ3v) is 4.05. The number of rotatable bonds is 7. The van der Waals surface area contributed by atoms with Crippen molar-refractivity contribution in [3.8, 4) is 0 Å². The van der Waals surface area contributed by atoms with Crippen LogP contribution in [0.15, 0.2) is 18.5 Å². The van der Waals surface area contributed by atoms with Gasteiger partial charge in [-0.15, -0.1) is 0 Å². The van der Waals surface area contributed by atoms with Crippen LogP contribution in [0.3, 0.4) is 0 Å². The van der Waals surface area contributed by atoms with Crippen LogP contribution in [0, 0.1) is 0 Å². The maximum atomic E-state index is 12.2. The molecule has 1 saturated heterocycles. The van der Waals surface area contributed by atoms with Gasteiger partial charge in [-0.05, 0) is 33.3 Å². The predicted octanol–water partition coefficient (Wildman–Crippen LogP) is 0.973. The number of aromatic nitrogens is 2. The Morgan fingerprint density at radius 2 is 1.76 bits per heavy atom. The van der Waals surface area contributed by atoms with Gasteiger partial charge in [-0.3, -0.25) is 9.59 Å². The summed E-state index contributed by atoms with van der Waals surface area (Å²) < 4.78 is 10.1. The first-order valence-electron chi connectivity index (χ1n) is 9.67. The monoisotopic (exact) mass is 407 g/mol. The van der Waals surface area contributed by atoms with E-state index in [2.05, 4.69) is 15.3 Å². The van der Waals surface area contributed by atoms with Crippen LogP contribution in [-0.2, 0) is 19.1 Å². The van der Waals surface area contributed by atoms with Gasteiger partial charge in [0.2, 0.25) is 5.95 Å². The summed E-state index contributed by atoms with van der Waals surface area (Å²) in [6, 6.07) is 1.76. The molecule has 0 unspecified atom stereocenters. The van der Waals surface area contributed by atoms with Gasteiger partial charge in [0.25, 0.3) is 5.91 Å². The van der Waals surface area contributed by atoms with Crippen molar-refractivity contribution in [2.75, 3.05) is 44.2 Å². The summed E-state index contributed by atoms with van der Waals surface area (Å²) in [6.07, 6.45) is 3.36. The number of nitrogens with zero attached hydrogens (tertiary/aromatic N) is 4. The van der Waals surface area contributed by atoms with Gasteiger partial charge < -0.3 is 24.6 Å². The molecular weight excluding hydrogens is 378 g/mol. The number of hydrogen-bond acceptors (Lipinski definition) is 8. The number of ether oxygens (including phenoxy) is 2. The summed E-state index contributed by atoms with van der Waals surface area (Å²) in [5.41, 5.74) is -0.566. The minimum atomic E-state index is -0.566. The molecule has 2 amide bonds. The summed E-state index contributed by atoms with van der Waals surface area (Å²) in [5.74, 6) is -0.0504. The highest BCUT2D eigenvalue weighted by molar-refractivity contribution is 5.80. The van der Waals surface area contributed by atoms with Crippen molar-refractivity contribution in [2.24, 2.45) is 0 Å². The second kappa shape index (κ2) is 10.6. The van der Waals surface area contributed by atoms with Crippen LogP contribution in [0.2, 0.25) is 0 Å². The van der Waals surface area contributed by atoms with E-state index in [1.165, 1.54) is 0 Å². The van der Waals surface area contributed by atoms with E-state index < -0.39 is 17.7 Å². The number of alkyl carbamates (subject to hydrolysis) is 1. The Balaban J connectivity index is 1.58. The molecule has 0 aromatic carbocycles. The Labute approximate surface area is 170 Å². The summed E-state index contributed by atoms with van der Waals surface area (Å²) in [7, 11) is 0.